The average Bonchev–Trinajstić information content (AvgIpc) is 2.58. The van der Waals surface area contributed by atoms with Gasteiger partial charge < -0.3 is 9.84 Å². The topological polar surface area (TPSA) is 29.5 Å². The van der Waals surface area contributed by atoms with E-state index >= 15 is 0 Å². The summed E-state index contributed by atoms with van der Waals surface area (Å²) in [5, 5.41) is 10.2. The Balaban J connectivity index is 3.43. The molecule has 0 amide bonds. The van der Waals surface area contributed by atoms with Crippen molar-refractivity contribution in [3.63, 3.8) is 0 Å². The Morgan fingerprint density at radius 3 is 1.64 bits per heavy atom. The Kier molecular flexibility index (Phi) is 7.39. The van der Waals surface area contributed by atoms with Crippen LogP contribution in [0.25, 0.3) is 0 Å². The highest BCUT2D eigenvalue weighted by atomic mass is 19.4. The van der Waals surface area contributed by atoms with E-state index in [9.17, 15) is 62.2 Å². The first-order chi connectivity index (χ1) is 14.3. The first-order valence-electron chi connectivity index (χ1n) is 8.80. The lowest BCUT2D eigenvalue weighted by Crippen LogP contribution is -2.70. The lowest BCUT2D eigenvalue weighted by molar-refractivity contribution is -0.441. The fourth-order valence-corrected chi connectivity index (χ4v) is 2.62. The zero-order valence-electron chi connectivity index (χ0n) is 16.9. The van der Waals surface area contributed by atoms with Crippen molar-refractivity contribution in [2.45, 2.75) is 74.7 Å². The van der Waals surface area contributed by atoms with Gasteiger partial charge in [-0.1, -0.05) is 12.1 Å². The maximum absolute atomic E-state index is 14.1. The van der Waals surface area contributed by atoms with Gasteiger partial charge in [-0.15, -0.1) is 0 Å². The largest absolute Gasteiger partial charge is 0.491 e. The van der Waals surface area contributed by atoms with E-state index < -0.39 is 59.5 Å². The Hall–Kier alpha value is -1.93. The zero-order chi connectivity index (χ0) is 26.5. The van der Waals surface area contributed by atoms with E-state index in [0.29, 0.717) is 6.92 Å². The Morgan fingerprint density at radius 1 is 0.758 bits per heavy atom. The Bertz CT molecular complexity index is 829. The van der Waals surface area contributed by atoms with Crippen LogP contribution in [0.5, 0.6) is 5.75 Å². The molecule has 0 spiro atoms. The minimum absolute atomic E-state index is 0.112. The number of alkyl halides is 13. The summed E-state index contributed by atoms with van der Waals surface area (Å²) in [6.45, 7) is 3.41. The van der Waals surface area contributed by atoms with Gasteiger partial charge in [0, 0.05) is 0 Å². The summed E-state index contributed by atoms with van der Waals surface area (Å²) in [4.78, 5) is 0. The third-order valence-corrected chi connectivity index (χ3v) is 4.39. The van der Waals surface area contributed by atoms with Gasteiger partial charge in [-0.2, -0.15) is 57.1 Å². The molecule has 1 aromatic carbocycles. The molecular weight excluding hydrogens is 495 g/mol. The van der Waals surface area contributed by atoms with Crippen LogP contribution in [0, 0.1) is 0 Å². The number of rotatable bonds is 9. The predicted molar refractivity (Wildman–Crippen MR) is 87.2 cm³/mol. The second-order valence-electron chi connectivity index (χ2n) is 7.64. The molecule has 2 nitrogen and oxygen atoms in total. The van der Waals surface area contributed by atoms with E-state index in [0.717, 1.165) is 18.2 Å². The molecule has 0 aliphatic rings. The molecule has 1 unspecified atom stereocenters. The van der Waals surface area contributed by atoms with Gasteiger partial charge in [0.1, 0.15) is 5.75 Å². The van der Waals surface area contributed by atoms with Crippen molar-refractivity contribution in [3.05, 3.63) is 29.8 Å². The molecule has 0 aromatic heterocycles. The van der Waals surface area contributed by atoms with Crippen LogP contribution in [-0.2, 0) is 5.60 Å². The quantitative estimate of drug-likeness (QED) is 0.369. The van der Waals surface area contributed by atoms with Gasteiger partial charge in [0.2, 0.25) is 0 Å². The molecule has 1 N–H and O–H groups in total. The first kappa shape index (κ1) is 29.1. The minimum Gasteiger partial charge on any atom is -0.491 e. The highest BCUT2D eigenvalue weighted by Crippen LogP contribution is 2.61. The fraction of sp³-hybridized carbons (Fsp3) is 0.667. The summed E-state index contributed by atoms with van der Waals surface area (Å²) in [6, 6.07) is 3.94. The van der Waals surface area contributed by atoms with Crippen molar-refractivity contribution in [1.82, 2.24) is 0 Å². The van der Waals surface area contributed by atoms with Crippen molar-refractivity contribution >= 4 is 0 Å². The highest BCUT2D eigenvalue weighted by Gasteiger charge is 2.90. The van der Waals surface area contributed by atoms with Gasteiger partial charge >= 0.3 is 35.8 Å². The van der Waals surface area contributed by atoms with Crippen molar-refractivity contribution in [3.8, 4) is 5.75 Å². The average molecular weight is 512 g/mol. The summed E-state index contributed by atoms with van der Waals surface area (Å²) < 4.78 is 177. The van der Waals surface area contributed by atoms with Crippen LogP contribution in [-0.4, -0.2) is 47.0 Å². The number of hydrogen-bond donors (Lipinski definition) is 1. The molecule has 1 aromatic rings. The number of hydrogen-bond acceptors (Lipinski definition) is 2. The maximum atomic E-state index is 14.1. The van der Waals surface area contributed by atoms with Crippen molar-refractivity contribution in [2.75, 3.05) is 0 Å². The normalized spacial score (nSPS) is 16.7. The molecule has 0 saturated carbocycles. The number of halogens is 13. The van der Waals surface area contributed by atoms with E-state index in [4.69, 9.17) is 4.74 Å². The van der Waals surface area contributed by atoms with E-state index in [2.05, 4.69) is 0 Å². The summed E-state index contributed by atoms with van der Waals surface area (Å²) in [5.41, 5.74) is -3.84. The molecule has 1 atom stereocenters. The van der Waals surface area contributed by atoms with E-state index in [1.807, 2.05) is 0 Å². The highest BCUT2D eigenvalue weighted by molar-refractivity contribution is 5.32. The van der Waals surface area contributed by atoms with E-state index in [-0.39, 0.29) is 5.75 Å². The van der Waals surface area contributed by atoms with Crippen LogP contribution in [0.15, 0.2) is 24.3 Å². The lowest BCUT2D eigenvalue weighted by Gasteiger charge is -2.41. The summed E-state index contributed by atoms with van der Waals surface area (Å²) in [6.07, 6.45) is -10.7. The molecule has 0 aliphatic carbocycles. The van der Waals surface area contributed by atoms with Crippen LogP contribution in [0.3, 0.4) is 0 Å². The monoisotopic (exact) mass is 512 g/mol. The summed E-state index contributed by atoms with van der Waals surface area (Å²) >= 11 is 0. The van der Waals surface area contributed by atoms with Gasteiger partial charge in [0.05, 0.1) is 18.1 Å². The smallest absolute Gasteiger partial charge is 0.460 e. The third-order valence-electron chi connectivity index (χ3n) is 4.39. The van der Waals surface area contributed by atoms with E-state index in [1.54, 1.807) is 0 Å². The van der Waals surface area contributed by atoms with Gasteiger partial charge in [0.15, 0.2) is 0 Å². The molecule has 0 radical (unpaired) electrons. The second kappa shape index (κ2) is 8.38. The van der Waals surface area contributed by atoms with Crippen molar-refractivity contribution in [2.24, 2.45) is 0 Å². The standard InChI is InChI=1S/C18H17F13O2/c1-9(2)33-11-6-4-5-10(7-11)12(3,32)8-13(19,20)14(21,22)15(23,24)16(25,26)17(27,28)18(29,30)31/h4-7,9,32H,8H2,1-3H3. The van der Waals surface area contributed by atoms with Gasteiger partial charge in [-0.3, -0.25) is 0 Å². The third kappa shape index (κ3) is 4.97. The molecule has 0 saturated heterocycles. The summed E-state index contributed by atoms with van der Waals surface area (Å²) in [5.74, 6) is -37.7. The maximum Gasteiger partial charge on any atom is 0.460 e. The lowest BCUT2D eigenvalue weighted by atomic mass is 9.84. The van der Waals surface area contributed by atoms with Crippen LogP contribution in [0.1, 0.15) is 32.8 Å². The Morgan fingerprint density at radius 2 is 1.21 bits per heavy atom. The van der Waals surface area contributed by atoms with Crippen LogP contribution in [0.4, 0.5) is 57.1 Å². The predicted octanol–water partition coefficient (Wildman–Crippen LogP) is 6.81. The van der Waals surface area contributed by atoms with Crippen molar-refractivity contribution < 1.29 is 66.9 Å². The molecule has 0 fully saturated rings. The fourth-order valence-electron chi connectivity index (χ4n) is 2.62. The molecule has 0 heterocycles. The molecule has 0 aliphatic heterocycles. The Labute approximate surface area is 178 Å². The number of aliphatic hydroxyl groups is 1. The van der Waals surface area contributed by atoms with Crippen LogP contribution < -0.4 is 4.74 Å². The van der Waals surface area contributed by atoms with Gasteiger partial charge in [-0.05, 0) is 38.5 Å². The molecule has 33 heavy (non-hydrogen) atoms. The molecule has 15 heteroatoms. The zero-order valence-corrected chi connectivity index (χ0v) is 16.9. The van der Waals surface area contributed by atoms with E-state index in [1.165, 1.54) is 19.9 Å². The van der Waals surface area contributed by atoms with Crippen molar-refractivity contribution in [1.29, 1.82) is 0 Å². The molecule has 192 valence electrons. The molecule has 1 rings (SSSR count). The molecular formula is C18H17F13O2. The molecule has 0 bridgehead atoms. The second-order valence-corrected chi connectivity index (χ2v) is 7.64. The summed E-state index contributed by atoms with van der Waals surface area (Å²) in [7, 11) is 0. The van der Waals surface area contributed by atoms with Gasteiger partial charge in [0.25, 0.3) is 0 Å². The van der Waals surface area contributed by atoms with Crippen LogP contribution >= 0.6 is 0 Å². The minimum atomic E-state index is -7.98. The SMILES string of the molecule is CC(C)Oc1cccc(C(C)(O)CC(F)(F)C(F)(F)C(F)(F)C(F)(F)C(F)(F)C(F)(F)F)c1. The van der Waals surface area contributed by atoms with Gasteiger partial charge in [-0.25, -0.2) is 0 Å². The number of benzene rings is 1. The first-order valence-corrected chi connectivity index (χ1v) is 8.80. The van der Waals surface area contributed by atoms with Crippen LogP contribution in [0.2, 0.25) is 0 Å². The number of ether oxygens (including phenoxy) is 1.